The highest BCUT2D eigenvalue weighted by Gasteiger charge is 2.61. The first kappa shape index (κ1) is 15.3. The average molecular weight is 267 g/mol. The molecule has 2 aliphatic rings. The molecule has 2 rings (SSSR count). The van der Waals surface area contributed by atoms with Crippen LogP contribution in [0.25, 0.3) is 0 Å². The Bertz CT molecular complexity index is 312. The number of fused-ring (bicyclic) bond motifs is 2. The standard InChI is InChI=1S/C17H33NO/c1-7-19-11-14(12(2)3)18-15-10-13-8-9-17(15,6)16(13,4)5/h12-15,18H,7-11H2,1-6H3. The van der Waals surface area contributed by atoms with Crippen LogP contribution in [0.1, 0.15) is 60.8 Å². The monoisotopic (exact) mass is 267 g/mol. The summed E-state index contributed by atoms with van der Waals surface area (Å²) >= 11 is 0. The zero-order chi connectivity index (χ0) is 14.3. The molecular weight excluding hydrogens is 234 g/mol. The van der Waals surface area contributed by atoms with E-state index in [-0.39, 0.29) is 0 Å². The first-order valence-electron chi connectivity index (χ1n) is 8.16. The van der Waals surface area contributed by atoms with Crippen LogP contribution < -0.4 is 5.32 Å². The highest BCUT2D eigenvalue weighted by molar-refractivity contribution is 5.13. The highest BCUT2D eigenvalue weighted by atomic mass is 16.5. The number of nitrogens with one attached hydrogen (secondary N) is 1. The molecule has 0 amide bonds. The van der Waals surface area contributed by atoms with Gasteiger partial charge in [0.25, 0.3) is 0 Å². The molecule has 4 unspecified atom stereocenters. The van der Waals surface area contributed by atoms with Gasteiger partial charge in [-0.05, 0) is 48.9 Å². The molecular formula is C17H33NO. The summed E-state index contributed by atoms with van der Waals surface area (Å²) in [6.45, 7) is 15.8. The third-order valence-electron chi connectivity index (χ3n) is 6.52. The molecule has 0 spiro atoms. The largest absolute Gasteiger partial charge is 0.380 e. The van der Waals surface area contributed by atoms with Gasteiger partial charge in [0.2, 0.25) is 0 Å². The van der Waals surface area contributed by atoms with Gasteiger partial charge in [0.1, 0.15) is 0 Å². The first-order chi connectivity index (χ1) is 8.83. The van der Waals surface area contributed by atoms with E-state index in [1.807, 2.05) is 0 Å². The van der Waals surface area contributed by atoms with E-state index in [2.05, 4.69) is 46.9 Å². The van der Waals surface area contributed by atoms with Crippen LogP contribution in [-0.4, -0.2) is 25.3 Å². The maximum Gasteiger partial charge on any atom is 0.0622 e. The summed E-state index contributed by atoms with van der Waals surface area (Å²) in [5.41, 5.74) is 0.967. The van der Waals surface area contributed by atoms with Crippen molar-refractivity contribution in [3.05, 3.63) is 0 Å². The van der Waals surface area contributed by atoms with Crippen LogP contribution in [0.3, 0.4) is 0 Å². The molecule has 0 aliphatic heterocycles. The second-order valence-corrected chi connectivity index (χ2v) is 7.84. The molecule has 2 aliphatic carbocycles. The normalized spacial score (nSPS) is 38.1. The molecule has 4 atom stereocenters. The highest BCUT2D eigenvalue weighted by Crippen LogP contribution is 2.65. The number of hydrogen-bond donors (Lipinski definition) is 1. The van der Waals surface area contributed by atoms with E-state index in [1.54, 1.807) is 0 Å². The predicted octanol–water partition coefficient (Wildman–Crippen LogP) is 3.85. The summed E-state index contributed by atoms with van der Waals surface area (Å²) in [6, 6.07) is 1.17. The van der Waals surface area contributed by atoms with Crippen molar-refractivity contribution >= 4 is 0 Å². The van der Waals surface area contributed by atoms with Crippen molar-refractivity contribution in [2.24, 2.45) is 22.7 Å². The lowest BCUT2D eigenvalue weighted by Gasteiger charge is -2.41. The Morgan fingerprint density at radius 2 is 1.95 bits per heavy atom. The van der Waals surface area contributed by atoms with Crippen molar-refractivity contribution in [2.45, 2.75) is 72.9 Å². The Kier molecular flexibility index (Phi) is 4.32. The maximum atomic E-state index is 5.67. The fraction of sp³-hybridized carbons (Fsp3) is 1.00. The Balaban J connectivity index is 2.03. The van der Waals surface area contributed by atoms with Gasteiger partial charge in [0, 0.05) is 18.7 Å². The van der Waals surface area contributed by atoms with Crippen LogP contribution in [0, 0.1) is 22.7 Å². The van der Waals surface area contributed by atoms with E-state index in [9.17, 15) is 0 Å². The Hall–Kier alpha value is -0.0800. The fourth-order valence-corrected chi connectivity index (χ4v) is 4.39. The molecule has 0 aromatic carbocycles. The van der Waals surface area contributed by atoms with Crippen molar-refractivity contribution in [2.75, 3.05) is 13.2 Å². The van der Waals surface area contributed by atoms with Gasteiger partial charge in [-0.15, -0.1) is 0 Å². The van der Waals surface area contributed by atoms with Gasteiger partial charge in [0.15, 0.2) is 0 Å². The van der Waals surface area contributed by atoms with E-state index in [0.717, 1.165) is 19.1 Å². The third kappa shape index (κ3) is 2.47. The zero-order valence-electron chi connectivity index (χ0n) is 13.8. The van der Waals surface area contributed by atoms with E-state index in [1.165, 1.54) is 19.3 Å². The van der Waals surface area contributed by atoms with Crippen LogP contribution in [0.2, 0.25) is 0 Å². The van der Waals surface area contributed by atoms with Gasteiger partial charge in [-0.25, -0.2) is 0 Å². The number of ether oxygens (including phenoxy) is 1. The lowest BCUT2D eigenvalue weighted by Crippen LogP contribution is -2.51. The Labute approximate surface area is 119 Å². The molecule has 0 aromatic rings. The number of rotatable bonds is 6. The third-order valence-corrected chi connectivity index (χ3v) is 6.52. The number of hydrogen-bond acceptors (Lipinski definition) is 2. The molecule has 1 N–H and O–H groups in total. The molecule has 2 fully saturated rings. The van der Waals surface area contributed by atoms with Crippen molar-refractivity contribution in [3.8, 4) is 0 Å². The van der Waals surface area contributed by atoms with Gasteiger partial charge in [-0.3, -0.25) is 0 Å². The fourth-order valence-electron chi connectivity index (χ4n) is 4.39. The average Bonchev–Trinajstić information content (AvgIpc) is 2.66. The molecule has 0 saturated heterocycles. The van der Waals surface area contributed by atoms with E-state index >= 15 is 0 Å². The lowest BCUT2D eigenvalue weighted by molar-refractivity contribution is 0.0732. The molecule has 2 heteroatoms. The van der Waals surface area contributed by atoms with Crippen molar-refractivity contribution in [3.63, 3.8) is 0 Å². The second kappa shape index (κ2) is 5.37. The predicted molar refractivity (Wildman–Crippen MR) is 81.3 cm³/mol. The van der Waals surface area contributed by atoms with Crippen LogP contribution >= 0.6 is 0 Å². The summed E-state index contributed by atoms with van der Waals surface area (Å²) in [5, 5.41) is 3.95. The zero-order valence-corrected chi connectivity index (χ0v) is 13.8. The minimum absolute atomic E-state index is 0.469. The second-order valence-electron chi connectivity index (χ2n) is 7.84. The summed E-state index contributed by atoms with van der Waals surface area (Å²) in [6.07, 6.45) is 4.18. The Morgan fingerprint density at radius 3 is 2.37 bits per heavy atom. The molecule has 112 valence electrons. The quantitative estimate of drug-likeness (QED) is 0.789. The lowest BCUT2D eigenvalue weighted by atomic mass is 9.69. The van der Waals surface area contributed by atoms with Gasteiger partial charge >= 0.3 is 0 Å². The van der Waals surface area contributed by atoms with Crippen LogP contribution in [0.15, 0.2) is 0 Å². The Morgan fingerprint density at radius 1 is 1.26 bits per heavy atom. The summed E-state index contributed by atoms with van der Waals surface area (Å²) in [5.74, 6) is 1.55. The molecule has 0 heterocycles. The van der Waals surface area contributed by atoms with Gasteiger partial charge in [-0.2, -0.15) is 0 Å². The minimum Gasteiger partial charge on any atom is -0.380 e. The summed E-state index contributed by atoms with van der Waals surface area (Å²) in [7, 11) is 0. The molecule has 0 aromatic heterocycles. The van der Waals surface area contributed by atoms with E-state index < -0.39 is 0 Å². The summed E-state index contributed by atoms with van der Waals surface area (Å²) in [4.78, 5) is 0. The van der Waals surface area contributed by atoms with Crippen LogP contribution in [-0.2, 0) is 4.74 Å². The smallest absolute Gasteiger partial charge is 0.0622 e. The molecule has 0 radical (unpaired) electrons. The maximum absolute atomic E-state index is 5.67. The molecule has 19 heavy (non-hydrogen) atoms. The summed E-state index contributed by atoms with van der Waals surface area (Å²) < 4.78 is 5.67. The van der Waals surface area contributed by atoms with Crippen LogP contribution in [0.5, 0.6) is 0 Å². The SMILES string of the molecule is CCOCC(NC1CC2CCC1(C)C2(C)C)C(C)C. The molecule has 2 saturated carbocycles. The van der Waals surface area contributed by atoms with Gasteiger partial charge < -0.3 is 10.1 Å². The minimum atomic E-state index is 0.469. The van der Waals surface area contributed by atoms with Crippen molar-refractivity contribution in [1.29, 1.82) is 0 Å². The van der Waals surface area contributed by atoms with Crippen LogP contribution in [0.4, 0.5) is 0 Å². The van der Waals surface area contributed by atoms with Crippen molar-refractivity contribution in [1.82, 2.24) is 5.32 Å². The molecule has 2 bridgehead atoms. The van der Waals surface area contributed by atoms with E-state index in [4.69, 9.17) is 4.74 Å². The topological polar surface area (TPSA) is 21.3 Å². The van der Waals surface area contributed by atoms with E-state index in [0.29, 0.717) is 28.8 Å². The van der Waals surface area contributed by atoms with Gasteiger partial charge in [-0.1, -0.05) is 34.6 Å². The molecule has 2 nitrogen and oxygen atoms in total. The van der Waals surface area contributed by atoms with Gasteiger partial charge in [0.05, 0.1) is 6.61 Å². The first-order valence-corrected chi connectivity index (χ1v) is 8.16. The van der Waals surface area contributed by atoms with Crippen molar-refractivity contribution < 1.29 is 4.74 Å².